The molecule has 85 heavy (non-hydrogen) atoms. The van der Waals surface area contributed by atoms with E-state index in [0.717, 1.165) is 16.5 Å². The molecule has 0 saturated heterocycles. The average molecular weight is 1190 g/mol. The first-order valence-electron chi connectivity index (χ1n) is 26.6. The lowest BCUT2D eigenvalue weighted by Gasteiger charge is -2.26. The third kappa shape index (κ3) is 23.5. The van der Waals surface area contributed by atoms with Crippen LogP contribution in [0.3, 0.4) is 0 Å². The number of aromatic amines is 1. The van der Waals surface area contributed by atoms with Gasteiger partial charge in [0.2, 0.25) is 41.4 Å². The van der Waals surface area contributed by atoms with Crippen molar-refractivity contribution >= 4 is 76.0 Å². The van der Waals surface area contributed by atoms with Crippen LogP contribution in [0.15, 0.2) is 115 Å². The first-order valence-corrected chi connectivity index (χ1v) is 26.6. The van der Waals surface area contributed by atoms with E-state index in [1.165, 1.54) is 26.0 Å². The molecule has 25 nitrogen and oxygen atoms in total. The van der Waals surface area contributed by atoms with Gasteiger partial charge < -0.3 is 63.3 Å². The molecule has 456 valence electrons. The number of carboxylic acid groups (broad SMARTS) is 2. The van der Waals surface area contributed by atoms with Gasteiger partial charge >= 0.3 is 18.1 Å². The van der Waals surface area contributed by atoms with Gasteiger partial charge in [0.25, 0.3) is 11.8 Å². The Hall–Kier alpha value is -9.86. The Morgan fingerprint density at radius 3 is 1.59 bits per heavy atom. The van der Waals surface area contributed by atoms with Crippen molar-refractivity contribution in [3.8, 4) is 5.75 Å². The molecule has 28 heteroatoms. The molecule has 1 aromatic heterocycles. The number of aromatic hydroxyl groups is 1. The topological polar surface area (TPSA) is 399 Å². The van der Waals surface area contributed by atoms with E-state index >= 15 is 0 Å². The second-order valence-electron chi connectivity index (χ2n) is 19.4. The molecule has 0 bridgehead atoms. The van der Waals surface area contributed by atoms with Crippen LogP contribution in [0.2, 0.25) is 0 Å². The fourth-order valence-electron chi connectivity index (χ4n) is 8.20. The summed E-state index contributed by atoms with van der Waals surface area (Å²) < 4.78 is 31.7. The lowest BCUT2D eigenvalue weighted by atomic mass is 10.0. The number of amides is 9. The first kappa shape index (κ1) is 67.6. The number of carboxylic acids is 2. The van der Waals surface area contributed by atoms with Crippen LogP contribution in [0.1, 0.15) is 68.7 Å². The number of aliphatic carboxylic acids is 2. The van der Waals surface area contributed by atoms with Crippen molar-refractivity contribution < 1.29 is 81.2 Å². The van der Waals surface area contributed by atoms with Crippen LogP contribution in [0.5, 0.6) is 5.75 Å². The van der Waals surface area contributed by atoms with E-state index in [4.69, 9.17) is 15.6 Å². The number of nitrogens with two attached hydrogens (primary N) is 1. The minimum Gasteiger partial charge on any atom is -0.508 e. The molecule has 0 radical (unpaired) electrons. The molecule has 15 N–H and O–H groups in total. The number of hydrogen-bond acceptors (Lipinski definition) is 13. The van der Waals surface area contributed by atoms with Crippen LogP contribution in [-0.2, 0) is 78.4 Å². The number of para-hydroxylation sites is 1. The summed E-state index contributed by atoms with van der Waals surface area (Å²) in [4.78, 5) is 145. The highest BCUT2D eigenvalue weighted by Gasteiger charge is 2.38. The fraction of sp³-hybridized carbons (Fsp3) is 0.351. The van der Waals surface area contributed by atoms with Gasteiger partial charge in [0, 0.05) is 43.3 Å². The molecular weight excluding hydrogens is 1120 g/mol. The summed E-state index contributed by atoms with van der Waals surface area (Å²) in [6.45, 7) is 3.86. The molecule has 7 atom stereocenters. The third-order valence-electron chi connectivity index (χ3n) is 12.6. The second kappa shape index (κ2) is 33.3. The van der Waals surface area contributed by atoms with Crippen molar-refractivity contribution in [3.05, 3.63) is 138 Å². The third-order valence-corrected chi connectivity index (χ3v) is 12.6. The molecule has 1 heterocycles. The summed E-state index contributed by atoms with van der Waals surface area (Å²) in [6, 6.07) is 21.2. The molecule has 0 aliphatic heterocycles. The van der Waals surface area contributed by atoms with Crippen molar-refractivity contribution in [1.82, 2.24) is 53.1 Å². The van der Waals surface area contributed by atoms with E-state index in [1.54, 1.807) is 79.0 Å². The van der Waals surface area contributed by atoms with Gasteiger partial charge in [-0.25, -0.2) is 4.79 Å². The largest absolute Gasteiger partial charge is 0.508 e. The summed E-state index contributed by atoms with van der Waals surface area (Å²) in [5.41, 5.74) is 13.9. The lowest BCUT2D eigenvalue weighted by Crippen LogP contribution is -2.60. The maximum atomic E-state index is 14.1. The standard InChI is InChI=1S/C55H67N11O12.C2HF3O2/c1-4-5-19-42(62-52(75)45(60-33(3)67)28-37-30-57-41-20-13-12-18-39(37)41)51(74)64-46(29-48(70)71)53(76)63-44(27-35-16-10-7-11-17-35)55(78)66-65-54(77)43(26-34-14-8-6-9-15-34)61-47(69)31-58-49(72)32(2)59-50(73)40(56)25-36-21-23-38(68)24-22-36;3-2(4,5)1(6)7/h6-18,20-24,30,32,40,42-46,57,68H,4-5,19,25-29,31,56H2,1-3H3,(H,58,72)(H,59,73)(H,60,67)(H,61,69)(H,62,75)(H,63,76)(H,64,74)(H,65,77)(H,66,78)(H,70,71);(H,6,7)/t32-,40+,42+,43+,44+,45+,46+;/m1./s1. The van der Waals surface area contributed by atoms with Crippen LogP contribution in [0.4, 0.5) is 13.2 Å². The highest BCUT2D eigenvalue weighted by atomic mass is 19.4. The predicted molar refractivity (Wildman–Crippen MR) is 300 cm³/mol. The number of phenolic OH excluding ortho intramolecular Hbond substituents is 1. The Morgan fingerprint density at radius 2 is 1.05 bits per heavy atom. The number of carbonyl (C=O) groups excluding carboxylic acids is 9. The Balaban J connectivity index is 0.00000208. The van der Waals surface area contributed by atoms with E-state index < -0.39 is 127 Å². The van der Waals surface area contributed by atoms with E-state index in [2.05, 4.69) is 53.1 Å². The molecule has 0 fully saturated rings. The number of hydrazine groups is 1. The van der Waals surface area contributed by atoms with Crippen molar-refractivity contribution in [2.75, 3.05) is 6.54 Å². The number of phenols is 1. The zero-order chi connectivity index (χ0) is 62.8. The summed E-state index contributed by atoms with van der Waals surface area (Å²) in [7, 11) is 0. The number of H-pyrrole nitrogens is 1. The molecule has 0 aliphatic rings. The van der Waals surface area contributed by atoms with Crippen LogP contribution in [0.25, 0.3) is 10.9 Å². The van der Waals surface area contributed by atoms with Gasteiger partial charge in [0.1, 0.15) is 42.0 Å². The Kier molecular flexibility index (Phi) is 26.5. The van der Waals surface area contributed by atoms with Gasteiger partial charge in [-0.05, 0) is 60.2 Å². The number of halogens is 3. The van der Waals surface area contributed by atoms with Crippen LogP contribution < -0.4 is 53.8 Å². The normalized spacial score (nSPS) is 13.4. The van der Waals surface area contributed by atoms with Crippen molar-refractivity contribution in [1.29, 1.82) is 0 Å². The summed E-state index contributed by atoms with van der Waals surface area (Å²) >= 11 is 0. The van der Waals surface area contributed by atoms with E-state index in [9.17, 15) is 71.3 Å². The molecule has 0 unspecified atom stereocenters. The Morgan fingerprint density at radius 1 is 0.565 bits per heavy atom. The van der Waals surface area contributed by atoms with E-state index in [-0.39, 0.29) is 37.9 Å². The average Bonchev–Trinajstić information content (AvgIpc) is 4.07. The van der Waals surface area contributed by atoms with Gasteiger partial charge in [0.05, 0.1) is 19.0 Å². The predicted octanol–water partition coefficient (Wildman–Crippen LogP) is 0.982. The maximum absolute atomic E-state index is 14.1. The van der Waals surface area contributed by atoms with Crippen molar-refractivity contribution in [2.45, 2.75) is 121 Å². The monoisotopic (exact) mass is 1190 g/mol. The molecular formula is C57H68F3N11O14. The second-order valence-corrected chi connectivity index (χ2v) is 19.4. The molecule has 0 saturated carbocycles. The van der Waals surface area contributed by atoms with E-state index in [1.807, 2.05) is 31.2 Å². The van der Waals surface area contributed by atoms with E-state index in [0.29, 0.717) is 29.5 Å². The number of hydrogen-bond donors (Lipinski definition) is 14. The number of carbonyl (C=O) groups is 11. The molecule has 0 aliphatic carbocycles. The highest BCUT2D eigenvalue weighted by molar-refractivity contribution is 5.98. The quantitative estimate of drug-likeness (QED) is 0.0311. The van der Waals surface area contributed by atoms with Crippen LogP contribution in [0, 0.1) is 0 Å². The number of alkyl halides is 3. The number of rotatable bonds is 28. The zero-order valence-electron chi connectivity index (χ0n) is 46.4. The summed E-state index contributed by atoms with van der Waals surface area (Å²) in [6.07, 6.45) is -3.32. The first-order chi connectivity index (χ1) is 40.2. The Labute approximate surface area is 485 Å². The minimum atomic E-state index is -5.08. The number of benzene rings is 4. The molecule has 0 spiro atoms. The molecule has 5 aromatic rings. The van der Waals surface area contributed by atoms with Gasteiger partial charge in [-0.1, -0.05) is 111 Å². The number of nitrogens with one attached hydrogen (secondary N) is 10. The zero-order valence-corrected chi connectivity index (χ0v) is 46.4. The minimum absolute atomic E-state index is 0.0429. The molecule has 4 aromatic carbocycles. The van der Waals surface area contributed by atoms with Gasteiger partial charge in [-0.15, -0.1) is 0 Å². The summed E-state index contributed by atoms with van der Waals surface area (Å²) in [5.74, 6) is -11.5. The summed E-state index contributed by atoms with van der Waals surface area (Å²) in [5, 5.41) is 45.0. The van der Waals surface area contributed by atoms with Crippen molar-refractivity contribution in [2.24, 2.45) is 5.73 Å². The highest BCUT2D eigenvalue weighted by Crippen LogP contribution is 2.20. The van der Waals surface area contributed by atoms with Gasteiger partial charge in [-0.2, -0.15) is 13.2 Å². The lowest BCUT2D eigenvalue weighted by molar-refractivity contribution is -0.192. The van der Waals surface area contributed by atoms with Gasteiger partial charge in [-0.3, -0.25) is 58.8 Å². The number of fused-ring (bicyclic) bond motifs is 1. The number of aromatic nitrogens is 1. The number of unbranched alkanes of at least 4 members (excludes halogenated alkanes) is 1. The van der Waals surface area contributed by atoms with Gasteiger partial charge in [0.15, 0.2) is 0 Å². The molecule has 9 amide bonds. The van der Waals surface area contributed by atoms with Crippen LogP contribution >= 0.6 is 0 Å². The Bertz CT molecular complexity index is 3110. The SMILES string of the molecule is CCCC[C@H](NC(=O)[C@H](Cc1c[nH]c2ccccc12)NC(C)=O)C(=O)N[C@@H](CC(=O)O)C(=O)N[C@@H](Cc1ccccc1)C(=O)NNC(=O)[C@H](Cc1ccccc1)NC(=O)CNC(=O)[C@@H](C)NC(=O)[C@@H](N)Cc1ccc(O)cc1.O=C(O)C(F)(F)F. The maximum Gasteiger partial charge on any atom is 0.490 e. The smallest absolute Gasteiger partial charge is 0.490 e. The molecule has 5 rings (SSSR count). The van der Waals surface area contributed by atoms with Crippen molar-refractivity contribution in [3.63, 3.8) is 0 Å². The fourth-order valence-corrected chi connectivity index (χ4v) is 8.20. The van der Waals surface area contributed by atoms with Crippen LogP contribution in [-0.4, -0.2) is 140 Å².